The van der Waals surface area contributed by atoms with Gasteiger partial charge >= 0.3 is 0 Å². The fourth-order valence-electron chi connectivity index (χ4n) is 2.88. The Morgan fingerprint density at radius 3 is 2.24 bits per heavy atom. The summed E-state index contributed by atoms with van der Waals surface area (Å²) in [5.74, 6) is 0. The molecule has 1 saturated carbocycles. The van der Waals surface area contributed by atoms with Gasteiger partial charge in [-0.25, -0.2) is 0 Å². The molecule has 9 heteroatoms. The first kappa shape index (κ1) is 17.0. The topological polar surface area (TPSA) is 183 Å². The summed E-state index contributed by atoms with van der Waals surface area (Å²) < 4.78 is 11.2. The van der Waals surface area contributed by atoms with E-state index in [-0.39, 0.29) is 13.0 Å². The van der Waals surface area contributed by atoms with Crippen LogP contribution in [0.3, 0.4) is 0 Å². The summed E-state index contributed by atoms with van der Waals surface area (Å²) in [6.45, 7) is 0.126. The normalized spacial score (nSPS) is 51.9. The minimum Gasteiger partial charge on any atom is -0.390 e. The second-order valence-corrected chi connectivity index (χ2v) is 5.89. The van der Waals surface area contributed by atoms with Gasteiger partial charge in [0.25, 0.3) is 0 Å². The third kappa shape index (κ3) is 3.52. The van der Waals surface area contributed by atoms with Crippen LogP contribution in [0, 0.1) is 0 Å². The molecular weight excluding hydrogens is 280 g/mol. The number of rotatable bonds is 3. The van der Waals surface area contributed by atoms with Gasteiger partial charge in [-0.05, 0) is 12.8 Å². The second-order valence-electron chi connectivity index (χ2n) is 5.89. The van der Waals surface area contributed by atoms with Crippen LogP contribution in [-0.2, 0) is 9.47 Å². The number of nitrogens with two attached hydrogens (primary N) is 4. The summed E-state index contributed by atoms with van der Waals surface area (Å²) in [4.78, 5) is 0. The van der Waals surface area contributed by atoms with E-state index in [2.05, 4.69) is 0 Å². The summed E-state index contributed by atoms with van der Waals surface area (Å²) >= 11 is 0. The van der Waals surface area contributed by atoms with Gasteiger partial charge in [-0.2, -0.15) is 0 Å². The van der Waals surface area contributed by atoms with Crippen molar-refractivity contribution in [2.24, 2.45) is 22.9 Å². The quantitative estimate of drug-likeness (QED) is 0.272. The highest BCUT2D eigenvalue weighted by Gasteiger charge is 2.45. The van der Waals surface area contributed by atoms with E-state index in [1.807, 2.05) is 0 Å². The van der Waals surface area contributed by atoms with Crippen LogP contribution >= 0.6 is 0 Å². The van der Waals surface area contributed by atoms with Gasteiger partial charge in [-0.15, -0.1) is 0 Å². The van der Waals surface area contributed by atoms with Crippen LogP contribution in [0.5, 0.6) is 0 Å². The van der Waals surface area contributed by atoms with Crippen LogP contribution in [0.15, 0.2) is 0 Å². The molecule has 0 bridgehead atoms. The maximum atomic E-state index is 10.1. The molecule has 2 aliphatic rings. The number of aliphatic hydroxyl groups is 3. The van der Waals surface area contributed by atoms with Crippen molar-refractivity contribution >= 4 is 0 Å². The minimum atomic E-state index is -1.22. The van der Waals surface area contributed by atoms with E-state index in [0.717, 1.165) is 0 Å². The molecule has 1 saturated heterocycles. The van der Waals surface area contributed by atoms with E-state index >= 15 is 0 Å². The monoisotopic (exact) mass is 306 g/mol. The van der Waals surface area contributed by atoms with Crippen molar-refractivity contribution in [2.45, 2.75) is 67.8 Å². The van der Waals surface area contributed by atoms with Crippen molar-refractivity contribution in [1.29, 1.82) is 0 Å². The van der Waals surface area contributed by atoms with E-state index in [9.17, 15) is 15.3 Å². The lowest BCUT2D eigenvalue weighted by atomic mass is 9.84. The molecule has 0 spiro atoms. The molecule has 0 aromatic carbocycles. The molecule has 1 aliphatic carbocycles. The number of hydrogen-bond donors (Lipinski definition) is 7. The van der Waals surface area contributed by atoms with E-state index in [1.54, 1.807) is 0 Å². The lowest BCUT2D eigenvalue weighted by Gasteiger charge is -2.44. The van der Waals surface area contributed by atoms with Crippen LogP contribution in [0.25, 0.3) is 0 Å². The Bertz CT molecular complexity index is 350. The molecule has 11 N–H and O–H groups in total. The molecule has 2 fully saturated rings. The first-order chi connectivity index (χ1) is 9.85. The highest BCUT2D eigenvalue weighted by Crippen LogP contribution is 2.26. The second kappa shape index (κ2) is 6.82. The Morgan fingerprint density at radius 2 is 1.62 bits per heavy atom. The fourth-order valence-corrected chi connectivity index (χ4v) is 2.88. The van der Waals surface area contributed by atoms with Crippen molar-refractivity contribution in [3.63, 3.8) is 0 Å². The van der Waals surface area contributed by atoms with Crippen molar-refractivity contribution in [2.75, 3.05) is 6.54 Å². The third-order valence-corrected chi connectivity index (χ3v) is 4.22. The van der Waals surface area contributed by atoms with Gasteiger partial charge in [0.1, 0.15) is 12.2 Å². The van der Waals surface area contributed by atoms with Gasteiger partial charge in [-0.1, -0.05) is 0 Å². The number of ether oxygens (including phenoxy) is 2. The largest absolute Gasteiger partial charge is 0.390 e. The lowest BCUT2D eigenvalue weighted by Crippen LogP contribution is -2.64. The Labute approximate surface area is 123 Å². The summed E-state index contributed by atoms with van der Waals surface area (Å²) in [6.07, 6.45) is -4.79. The Kier molecular flexibility index (Phi) is 5.52. The van der Waals surface area contributed by atoms with Gasteiger partial charge in [0.15, 0.2) is 6.29 Å². The standard InChI is InChI=1S/C12H26N4O5/c13-3-8-7(17)2-6(16)12(20-8)21-11-5(15)1-4(14)9(18)10(11)19/h4-12,17-19H,1-3,13-16H2/t4-,5-,6-,7+,8+,9-,10-,11-,12-/m1/s1. The number of hydrogen-bond acceptors (Lipinski definition) is 9. The molecule has 124 valence electrons. The zero-order valence-corrected chi connectivity index (χ0v) is 11.8. The highest BCUT2D eigenvalue weighted by atomic mass is 16.7. The van der Waals surface area contributed by atoms with Crippen LogP contribution in [0.1, 0.15) is 12.8 Å². The van der Waals surface area contributed by atoms with Crippen molar-refractivity contribution in [3.05, 3.63) is 0 Å². The van der Waals surface area contributed by atoms with Crippen LogP contribution < -0.4 is 22.9 Å². The Morgan fingerprint density at radius 1 is 0.952 bits per heavy atom. The van der Waals surface area contributed by atoms with Gasteiger partial charge in [0.2, 0.25) is 0 Å². The van der Waals surface area contributed by atoms with Gasteiger partial charge < -0.3 is 47.7 Å². The molecule has 0 amide bonds. The average Bonchev–Trinajstić information content (AvgIpc) is 2.43. The summed E-state index contributed by atoms with van der Waals surface area (Å²) in [5, 5.41) is 29.7. The maximum absolute atomic E-state index is 10.1. The molecule has 0 aromatic rings. The number of aliphatic hydroxyl groups excluding tert-OH is 3. The zero-order chi connectivity index (χ0) is 15.7. The minimum absolute atomic E-state index is 0.126. The van der Waals surface area contributed by atoms with Crippen molar-refractivity contribution in [1.82, 2.24) is 0 Å². The SMILES string of the molecule is NC[C@@H]1O[C@H](O[C@H]2[C@H](O)[C@H](O)[C@H](N)C[C@H]2N)[C@H](N)C[C@@H]1O. The maximum Gasteiger partial charge on any atom is 0.173 e. The molecule has 9 atom stereocenters. The van der Waals surface area contributed by atoms with E-state index in [4.69, 9.17) is 32.4 Å². The van der Waals surface area contributed by atoms with Crippen LogP contribution in [0.2, 0.25) is 0 Å². The molecule has 1 heterocycles. The van der Waals surface area contributed by atoms with Gasteiger partial charge in [0.05, 0.1) is 24.4 Å². The molecule has 2 rings (SSSR count). The van der Waals surface area contributed by atoms with Crippen LogP contribution in [0.4, 0.5) is 0 Å². The van der Waals surface area contributed by atoms with Crippen molar-refractivity contribution < 1.29 is 24.8 Å². The summed E-state index contributed by atoms with van der Waals surface area (Å²) in [6, 6.07) is -1.72. The first-order valence-electron chi connectivity index (χ1n) is 7.17. The average molecular weight is 306 g/mol. The Hall–Kier alpha value is -0.360. The molecule has 21 heavy (non-hydrogen) atoms. The zero-order valence-electron chi connectivity index (χ0n) is 11.8. The fraction of sp³-hybridized carbons (Fsp3) is 1.00. The van der Waals surface area contributed by atoms with Gasteiger partial charge in [0, 0.05) is 18.6 Å². The predicted octanol–water partition coefficient (Wildman–Crippen LogP) is -4.09. The third-order valence-electron chi connectivity index (χ3n) is 4.22. The molecule has 9 nitrogen and oxygen atoms in total. The molecule has 1 aliphatic heterocycles. The highest BCUT2D eigenvalue weighted by molar-refractivity contribution is 4.98. The van der Waals surface area contributed by atoms with E-state index in [1.165, 1.54) is 0 Å². The Balaban J connectivity index is 2.02. The van der Waals surface area contributed by atoms with E-state index < -0.39 is 54.9 Å². The van der Waals surface area contributed by atoms with Crippen molar-refractivity contribution in [3.8, 4) is 0 Å². The first-order valence-corrected chi connectivity index (χ1v) is 7.17. The van der Waals surface area contributed by atoms with Crippen LogP contribution in [-0.4, -0.2) is 76.8 Å². The van der Waals surface area contributed by atoms with E-state index in [0.29, 0.717) is 6.42 Å². The van der Waals surface area contributed by atoms with Gasteiger partial charge in [-0.3, -0.25) is 0 Å². The lowest BCUT2D eigenvalue weighted by molar-refractivity contribution is -0.268. The summed E-state index contributed by atoms with van der Waals surface area (Å²) in [5.41, 5.74) is 23.0. The molecular formula is C12H26N4O5. The smallest absolute Gasteiger partial charge is 0.173 e. The molecule has 0 unspecified atom stereocenters. The predicted molar refractivity (Wildman–Crippen MR) is 73.8 cm³/mol. The molecule has 0 radical (unpaired) electrons. The summed E-state index contributed by atoms with van der Waals surface area (Å²) in [7, 11) is 0. The molecule has 0 aromatic heterocycles.